The number of amides is 2. The van der Waals surface area contributed by atoms with Gasteiger partial charge in [-0.3, -0.25) is 9.59 Å². The molecule has 2 fully saturated rings. The molecule has 132 valence electrons. The average molecular weight is 324 g/mol. The minimum atomic E-state index is -0.0431. The first-order valence-corrected chi connectivity index (χ1v) is 9.31. The van der Waals surface area contributed by atoms with Crippen molar-refractivity contribution in [2.24, 2.45) is 11.8 Å². The van der Waals surface area contributed by atoms with Crippen molar-refractivity contribution in [1.29, 1.82) is 0 Å². The molecule has 0 bridgehead atoms. The van der Waals surface area contributed by atoms with E-state index in [-0.39, 0.29) is 23.8 Å². The molecular formula is C18H32N2O3. The van der Waals surface area contributed by atoms with Crippen molar-refractivity contribution >= 4 is 11.8 Å². The Kier molecular flexibility index (Phi) is 7.34. The lowest BCUT2D eigenvalue weighted by Gasteiger charge is -2.35. The molecule has 2 aliphatic heterocycles. The van der Waals surface area contributed by atoms with Crippen molar-refractivity contribution < 1.29 is 14.3 Å². The van der Waals surface area contributed by atoms with Gasteiger partial charge in [0.25, 0.3) is 0 Å². The predicted octanol–water partition coefficient (Wildman–Crippen LogP) is 2.35. The van der Waals surface area contributed by atoms with E-state index in [4.69, 9.17) is 4.74 Å². The number of piperidine rings is 1. The molecule has 0 radical (unpaired) electrons. The molecule has 2 atom stereocenters. The number of likely N-dealkylation sites (tertiary alicyclic amines) is 1. The molecule has 2 unspecified atom stereocenters. The number of nitrogens with zero attached hydrogens (tertiary/aromatic N) is 1. The molecule has 0 aromatic rings. The van der Waals surface area contributed by atoms with Gasteiger partial charge in [0.2, 0.25) is 11.8 Å². The Hall–Kier alpha value is -1.10. The van der Waals surface area contributed by atoms with E-state index in [1.807, 2.05) is 11.8 Å². The first kappa shape index (κ1) is 18.2. The molecule has 0 saturated carbocycles. The van der Waals surface area contributed by atoms with Gasteiger partial charge in [-0.25, -0.2) is 0 Å². The summed E-state index contributed by atoms with van der Waals surface area (Å²) in [6, 6.07) is 0.244. The van der Waals surface area contributed by atoms with Crippen molar-refractivity contribution in [2.45, 2.75) is 64.8 Å². The van der Waals surface area contributed by atoms with E-state index in [1.54, 1.807) is 0 Å². The molecule has 0 spiro atoms. The highest BCUT2D eigenvalue weighted by molar-refractivity contribution is 5.81. The van der Waals surface area contributed by atoms with E-state index in [0.717, 1.165) is 58.3 Å². The van der Waals surface area contributed by atoms with Crippen LogP contribution in [0.25, 0.3) is 0 Å². The maximum Gasteiger partial charge on any atom is 0.225 e. The summed E-state index contributed by atoms with van der Waals surface area (Å²) in [4.78, 5) is 26.6. The molecule has 23 heavy (non-hydrogen) atoms. The topological polar surface area (TPSA) is 58.6 Å². The first-order valence-electron chi connectivity index (χ1n) is 9.31. The molecular weight excluding hydrogens is 292 g/mol. The normalized spacial score (nSPS) is 24.3. The monoisotopic (exact) mass is 324 g/mol. The van der Waals surface area contributed by atoms with Gasteiger partial charge in [0.05, 0.1) is 5.92 Å². The third-order valence-electron chi connectivity index (χ3n) is 5.21. The maximum absolute atomic E-state index is 12.7. The molecule has 0 aliphatic carbocycles. The van der Waals surface area contributed by atoms with Crippen LogP contribution < -0.4 is 5.32 Å². The van der Waals surface area contributed by atoms with Crippen LogP contribution in [0.1, 0.15) is 58.8 Å². The third-order valence-corrected chi connectivity index (χ3v) is 5.21. The minimum Gasteiger partial charge on any atom is -0.381 e. The number of carbonyl (C=O) groups is 2. The minimum absolute atomic E-state index is 0.0431. The molecule has 2 saturated heterocycles. The van der Waals surface area contributed by atoms with Gasteiger partial charge in [0.1, 0.15) is 0 Å². The zero-order chi connectivity index (χ0) is 16.7. The zero-order valence-electron chi connectivity index (χ0n) is 14.7. The maximum atomic E-state index is 12.7. The molecule has 5 heteroatoms. The Morgan fingerprint density at radius 3 is 2.61 bits per heavy atom. The molecule has 1 N–H and O–H groups in total. The second-order valence-corrected chi connectivity index (χ2v) is 6.90. The standard InChI is InChI=1S/C18H32N2O3/c1-3-6-17(21)20-10-5-7-15(13-20)18(22)19-16(4-2)14-8-11-23-12-9-14/h14-16H,3-13H2,1-2H3,(H,19,22). The van der Waals surface area contributed by atoms with Gasteiger partial charge in [-0.15, -0.1) is 0 Å². The number of ether oxygens (including phenoxy) is 1. The number of rotatable bonds is 6. The van der Waals surface area contributed by atoms with Crippen LogP contribution in [0, 0.1) is 11.8 Å². The molecule has 2 amide bonds. The summed E-state index contributed by atoms with van der Waals surface area (Å²) in [5.74, 6) is 0.816. The molecule has 0 aromatic heterocycles. The van der Waals surface area contributed by atoms with Crippen LogP contribution in [0.4, 0.5) is 0 Å². The Bertz CT molecular complexity index is 394. The second-order valence-electron chi connectivity index (χ2n) is 6.90. The molecule has 2 aliphatic rings. The van der Waals surface area contributed by atoms with E-state index >= 15 is 0 Å². The number of nitrogens with one attached hydrogen (secondary N) is 1. The number of hydrogen-bond acceptors (Lipinski definition) is 3. The summed E-state index contributed by atoms with van der Waals surface area (Å²) < 4.78 is 5.42. The Morgan fingerprint density at radius 2 is 1.96 bits per heavy atom. The van der Waals surface area contributed by atoms with Gasteiger partial charge in [0.15, 0.2) is 0 Å². The summed E-state index contributed by atoms with van der Waals surface area (Å²) in [5.41, 5.74) is 0. The fraction of sp³-hybridized carbons (Fsp3) is 0.889. The van der Waals surface area contributed by atoms with Crippen LogP contribution in [0.15, 0.2) is 0 Å². The lowest BCUT2D eigenvalue weighted by Crippen LogP contribution is -2.49. The van der Waals surface area contributed by atoms with Crippen LogP contribution in [0.5, 0.6) is 0 Å². The lowest BCUT2D eigenvalue weighted by molar-refractivity contribution is -0.136. The van der Waals surface area contributed by atoms with E-state index in [2.05, 4.69) is 12.2 Å². The zero-order valence-corrected chi connectivity index (χ0v) is 14.7. The fourth-order valence-electron chi connectivity index (χ4n) is 3.76. The van der Waals surface area contributed by atoms with Gasteiger partial charge in [0, 0.05) is 38.8 Å². The SMILES string of the molecule is CCCC(=O)N1CCCC(C(=O)NC(CC)C2CCOCC2)C1. The van der Waals surface area contributed by atoms with Crippen molar-refractivity contribution in [3.63, 3.8) is 0 Å². The summed E-state index contributed by atoms with van der Waals surface area (Å²) >= 11 is 0. The quantitative estimate of drug-likeness (QED) is 0.816. The van der Waals surface area contributed by atoms with Crippen LogP contribution >= 0.6 is 0 Å². The smallest absolute Gasteiger partial charge is 0.225 e. The summed E-state index contributed by atoms with van der Waals surface area (Å²) in [6.45, 7) is 7.16. The predicted molar refractivity (Wildman–Crippen MR) is 90.0 cm³/mol. The third kappa shape index (κ3) is 5.20. The number of hydrogen-bond donors (Lipinski definition) is 1. The van der Waals surface area contributed by atoms with E-state index in [9.17, 15) is 9.59 Å². The van der Waals surface area contributed by atoms with Gasteiger partial charge in [-0.2, -0.15) is 0 Å². The Balaban J connectivity index is 1.86. The van der Waals surface area contributed by atoms with Crippen molar-refractivity contribution in [3.05, 3.63) is 0 Å². The highest BCUT2D eigenvalue weighted by Gasteiger charge is 2.31. The Morgan fingerprint density at radius 1 is 1.22 bits per heavy atom. The fourth-order valence-corrected chi connectivity index (χ4v) is 3.76. The van der Waals surface area contributed by atoms with Gasteiger partial charge < -0.3 is 15.0 Å². The van der Waals surface area contributed by atoms with Crippen molar-refractivity contribution in [2.75, 3.05) is 26.3 Å². The van der Waals surface area contributed by atoms with Gasteiger partial charge in [-0.05, 0) is 44.4 Å². The average Bonchev–Trinajstić information content (AvgIpc) is 2.60. The van der Waals surface area contributed by atoms with Crippen LogP contribution in [-0.4, -0.2) is 49.1 Å². The van der Waals surface area contributed by atoms with Crippen molar-refractivity contribution in [3.8, 4) is 0 Å². The van der Waals surface area contributed by atoms with Crippen LogP contribution in [-0.2, 0) is 14.3 Å². The van der Waals surface area contributed by atoms with Crippen molar-refractivity contribution in [1.82, 2.24) is 10.2 Å². The molecule has 2 rings (SSSR count). The summed E-state index contributed by atoms with van der Waals surface area (Å²) in [7, 11) is 0. The summed E-state index contributed by atoms with van der Waals surface area (Å²) in [5, 5.41) is 3.27. The highest BCUT2D eigenvalue weighted by Crippen LogP contribution is 2.23. The Labute approximate surface area is 140 Å². The molecule has 0 aromatic carbocycles. The van der Waals surface area contributed by atoms with Gasteiger partial charge >= 0.3 is 0 Å². The molecule has 5 nitrogen and oxygen atoms in total. The van der Waals surface area contributed by atoms with E-state index in [1.165, 1.54) is 0 Å². The first-order chi connectivity index (χ1) is 11.2. The largest absolute Gasteiger partial charge is 0.381 e. The van der Waals surface area contributed by atoms with Crippen LogP contribution in [0.2, 0.25) is 0 Å². The lowest BCUT2D eigenvalue weighted by atomic mass is 9.89. The van der Waals surface area contributed by atoms with Crippen LogP contribution in [0.3, 0.4) is 0 Å². The highest BCUT2D eigenvalue weighted by atomic mass is 16.5. The summed E-state index contributed by atoms with van der Waals surface area (Å²) in [6.07, 6.45) is 6.31. The van der Waals surface area contributed by atoms with E-state index < -0.39 is 0 Å². The van der Waals surface area contributed by atoms with Gasteiger partial charge in [-0.1, -0.05) is 13.8 Å². The second kappa shape index (κ2) is 9.26. The van der Waals surface area contributed by atoms with E-state index in [0.29, 0.717) is 18.9 Å². The number of carbonyl (C=O) groups excluding carboxylic acids is 2. The molecule has 2 heterocycles.